The first kappa shape index (κ1) is 15.5. The van der Waals surface area contributed by atoms with Gasteiger partial charge in [-0.3, -0.25) is 14.6 Å². The quantitative estimate of drug-likeness (QED) is 0.804. The number of amides is 1. The lowest BCUT2D eigenvalue weighted by atomic mass is 10.0. The van der Waals surface area contributed by atoms with Crippen LogP contribution in [0.2, 0.25) is 0 Å². The van der Waals surface area contributed by atoms with Gasteiger partial charge < -0.3 is 10.4 Å². The second-order valence-corrected chi connectivity index (χ2v) is 5.89. The Balaban J connectivity index is 1.79. The summed E-state index contributed by atoms with van der Waals surface area (Å²) in [5.41, 5.74) is 3.73. The van der Waals surface area contributed by atoms with E-state index in [0.29, 0.717) is 19.4 Å². The van der Waals surface area contributed by atoms with Crippen LogP contribution in [0.4, 0.5) is 0 Å². The van der Waals surface area contributed by atoms with Crippen LogP contribution in [-0.2, 0) is 17.6 Å². The molecule has 0 aliphatic heterocycles. The number of carbonyl (C=O) groups excluding carboxylic acids is 1. The van der Waals surface area contributed by atoms with E-state index in [0.717, 1.165) is 47.0 Å². The first-order chi connectivity index (χ1) is 11.2. The van der Waals surface area contributed by atoms with Gasteiger partial charge in [-0.2, -0.15) is 0 Å². The molecular weight excluding hydrogens is 292 g/mol. The lowest BCUT2D eigenvalue weighted by molar-refractivity contribution is -0.137. The number of hydrogen-bond donors (Lipinski definition) is 2. The van der Waals surface area contributed by atoms with Crippen molar-refractivity contribution in [1.82, 2.24) is 10.3 Å². The fourth-order valence-corrected chi connectivity index (χ4v) is 3.16. The van der Waals surface area contributed by atoms with Crippen LogP contribution in [0.1, 0.15) is 47.3 Å². The predicted molar refractivity (Wildman–Crippen MR) is 87.6 cm³/mol. The van der Waals surface area contributed by atoms with Gasteiger partial charge >= 0.3 is 5.97 Å². The van der Waals surface area contributed by atoms with E-state index in [9.17, 15) is 9.59 Å². The summed E-state index contributed by atoms with van der Waals surface area (Å²) >= 11 is 0. The van der Waals surface area contributed by atoms with Crippen LogP contribution in [0.25, 0.3) is 10.9 Å². The van der Waals surface area contributed by atoms with Gasteiger partial charge in [0.2, 0.25) is 0 Å². The van der Waals surface area contributed by atoms with Crippen molar-refractivity contribution in [2.75, 3.05) is 6.54 Å². The Labute approximate surface area is 134 Å². The largest absolute Gasteiger partial charge is 0.481 e. The highest BCUT2D eigenvalue weighted by Gasteiger charge is 2.23. The lowest BCUT2D eigenvalue weighted by Gasteiger charge is -2.12. The lowest BCUT2D eigenvalue weighted by Crippen LogP contribution is -2.26. The summed E-state index contributed by atoms with van der Waals surface area (Å²) < 4.78 is 0. The molecule has 1 amide bonds. The fraction of sp³-hybridized carbons (Fsp3) is 0.389. The molecule has 0 saturated heterocycles. The standard InChI is InChI=1S/C18H20N2O3/c21-16(22)10-3-4-11-19-18(23)17-12-6-1-2-8-14(12)20-15-9-5-7-13(15)17/h1-2,6,8H,3-5,7,9-11H2,(H,19,23)(H,21,22). The third kappa shape index (κ3) is 3.33. The second-order valence-electron chi connectivity index (χ2n) is 5.89. The van der Waals surface area contributed by atoms with Crippen LogP contribution < -0.4 is 5.32 Å². The summed E-state index contributed by atoms with van der Waals surface area (Å²) in [6, 6.07) is 7.75. The van der Waals surface area contributed by atoms with Gasteiger partial charge in [-0.1, -0.05) is 18.2 Å². The number of nitrogens with zero attached hydrogens (tertiary/aromatic N) is 1. The molecule has 2 aromatic rings. The molecule has 0 radical (unpaired) electrons. The van der Waals surface area contributed by atoms with Crippen molar-refractivity contribution in [3.63, 3.8) is 0 Å². The summed E-state index contributed by atoms with van der Waals surface area (Å²) in [7, 11) is 0. The number of pyridine rings is 1. The van der Waals surface area contributed by atoms with Gasteiger partial charge in [-0.25, -0.2) is 0 Å². The van der Waals surface area contributed by atoms with Gasteiger partial charge in [0.15, 0.2) is 0 Å². The van der Waals surface area contributed by atoms with E-state index in [1.54, 1.807) is 0 Å². The minimum absolute atomic E-state index is 0.0722. The number of carboxylic acid groups (broad SMARTS) is 1. The number of carbonyl (C=O) groups is 2. The summed E-state index contributed by atoms with van der Waals surface area (Å²) in [6.45, 7) is 0.498. The Morgan fingerprint density at radius 2 is 2.00 bits per heavy atom. The minimum Gasteiger partial charge on any atom is -0.481 e. The summed E-state index contributed by atoms with van der Waals surface area (Å²) in [4.78, 5) is 27.8. The van der Waals surface area contributed by atoms with Gasteiger partial charge in [-0.15, -0.1) is 0 Å². The number of hydrogen-bond acceptors (Lipinski definition) is 3. The summed E-state index contributed by atoms with van der Waals surface area (Å²) in [5, 5.41) is 12.5. The first-order valence-electron chi connectivity index (χ1n) is 8.07. The SMILES string of the molecule is O=C(O)CCCCNC(=O)c1c2c(nc3ccccc13)CCC2. The molecule has 0 saturated carbocycles. The number of aryl methyl sites for hydroxylation is 1. The van der Waals surface area contributed by atoms with E-state index < -0.39 is 5.97 Å². The molecular formula is C18H20N2O3. The van der Waals surface area contributed by atoms with Crippen molar-refractivity contribution < 1.29 is 14.7 Å². The van der Waals surface area contributed by atoms with Gasteiger partial charge in [0.25, 0.3) is 5.91 Å². The predicted octanol–water partition coefficient (Wildman–Crippen LogP) is 2.71. The third-order valence-corrected chi connectivity index (χ3v) is 4.25. The topological polar surface area (TPSA) is 79.3 Å². The van der Waals surface area contributed by atoms with Crippen LogP contribution in [0.15, 0.2) is 24.3 Å². The maximum atomic E-state index is 12.7. The number of benzene rings is 1. The molecule has 0 fully saturated rings. The maximum Gasteiger partial charge on any atom is 0.303 e. The van der Waals surface area contributed by atoms with Gasteiger partial charge in [0, 0.05) is 24.0 Å². The Bertz CT molecular complexity index is 755. The van der Waals surface area contributed by atoms with Crippen molar-refractivity contribution in [3.8, 4) is 0 Å². The average Bonchev–Trinajstić information content (AvgIpc) is 2.99. The molecule has 3 rings (SSSR count). The van der Waals surface area contributed by atoms with E-state index >= 15 is 0 Å². The Kier molecular flexibility index (Phi) is 4.55. The number of nitrogens with one attached hydrogen (secondary N) is 1. The fourth-order valence-electron chi connectivity index (χ4n) is 3.16. The van der Waals surface area contributed by atoms with Gasteiger partial charge in [-0.05, 0) is 43.7 Å². The molecule has 1 aliphatic carbocycles. The zero-order chi connectivity index (χ0) is 16.2. The van der Waals surface area contributed by atoms with Crippen molar-refractivity contribution in [2.45, 2.75) is 38.5 Å². The molecule has 1 aliphatic rings. The van der Waals surface area contributed by atoms with E-state index in [2.05, 4.69) is 10.3 Å². The highest BCUT2D eigenvalue weighted by molar-refractivity contribution is 6.07. The van der Waals surface area contributed by atoms with E-state index in [-0.39, 0.29) is 12.3 Å². The number of unbranched alkanes of at least 4 members (excludes halogenated alkanes) is 1. The third-order valence-electron chi connectivity index (χ3n) is 4.25. The number of fused-ring (bicyclic) bond motifs is 2. The van der Waals surface area contributed by atoms with Crippen LogP contribution in [0.3, 0.4) is 0 Å². The van der Waals surface area contributed by atoms with E-state index in [4.69, 9.17) is 5.11 Å². The maximum absolute atomic E-state index is 12.7. The Morgan fingerprint density at radius 1 is 1.17 bits per heavy atom. The second kappa shape index (κ2) is 6.77. The highest BCUT2D eigenvalue weighted by Crippen LogP contribution is 2.29. The van der Waals surface area contributed by atoms with E-state index in [1.165, 1.54) is 0 Å². The van der Waals surface area contributed by atoms with Crippen molar-refractivity contribution >= 4 is 22.8 Å². The molecule has 120 valence electrons. The summed E-state index contributed by atoms with van der Waals surface area (Å²) in [5.74, 6) is -0.869. The van der Waals surface area contributed by atoms with Gasteiger partial charge in [0.05, 0.1) is 11.1 Å². The van der Waals surface area contributed by atoms with Gasteiger partial charge in [0.1, 0.15) is 0 Å². The summed E-state index contributed by atoms with van der Waals surface area (Å²) in [6.07, 6.45) is 4.25. The zero-order valence-electron chi connectivity index (χ0n) is 13.0. The molecule has 0 bridgehead atoms. The van der Waals surface area contributed by atoms with Crippen LogP contribution in [0, 0.1) is 0 Å². The number of rotatable bonds is 6. The molecule has 1 heterocycles. The first-order valence-corrected chi connectivity index (χ1v) is 8.07. The van der Waals surface area contributed by atoms with E-state index in [1.807, 2.05) is 24.3 Å². The molecule has 1 aromatic heterocycles. The zero-order valence-corrected chi connectivity index (χ0v) is 13.0. The smallest absolute Gasteiger partial charge is 0.303 e. The van der Waals surface area contributed by atoms with Crippen molar-refractivity contribution in [1.29, 1.82) is 0 Å². The molecule has 5 nitrogen and oxygen atoms in total. The van der Waals surface area contributed by atoms with Crippen LogP contribution in [-0.4, -0.2) is 28.5 Å². The number of aliphatic carboxylic acids is 1. The molecule has 2 N–H and O–H groups in total. The normalized spacial score (nSPS) is 13.0. The Hall–Kier alpha value is -2.43. The number of para-hydroxylation sites is 1. The highest BCUT2D eigenvalue weighted by atomic mass is 16.4. The van der Waals surface area contributed by atoms with Crippen LogP contribution in [0.5, 0.6) is 0 Å². The average molecular weight is 312 g/mol. The van der Waals surface area contributed by atoms with Crippen molar-refractivity contribution in [3.05, 3.63) is 41.1 Å². The van der Waals surface area contributed by atoms with Crippen molar-refractivity contribution in [2.24, 2.45) is 0 Å². The minimum atomic E-state index is -0.797. The number of aromatic nitrogens is 1. The molecule has 5 heteroatoms. The Morgan fingerprint density at radius 3 is 2.83 bits per heavy atom. The molecule has 1 aromatic carbocycles. The number of carboxylic acids is 1. The molecule has 23 heavy (non-hydrogen) atoms. The monoisotopic (exact) mass is 312 g/mol. The van der Waals surface area contributed by atoms with Crippen LogP contribution >= 0.6 is 0 Å². The molecule has 0 atom stereocenters. The molecule has 0 spiro atoms. The molecule has 0 unspecified atom stereocenters.